The summed E-state index contributed by atoms with van der Waals surface area (Å²) >= 11 is 0. The van der Waals surface area contributed by atoms with Crippen molar-refractivity contribution < 1.29 is 9.59 Å². The van der Waals surface area contributed by atoms with E-state index in [9.17, 15) is 9.59 Å². The van der Waals surface area contributed by atoms with Gasteiger partial charge in [0.1, 0.15) is 6.04 Å². The molecule has 0 fully saturated rings. The second-order valence-electron chi connectivity index (χ2n) is 9.32. The largest absolute Gasteiger partial charge is 0.361 e. The summed E-state index contributed by atoms with van der Waals surface area (Å²) in [6.07, 6.45) is 8.88. The van der Waals surface area contributed by atoms with E-state index in [2.05, 4.69) is 39.0 Å². The predicted octanol–water partition coefficient (Wildman–Crippen LogP) is 4.57. The van der Waals surface area contributed by atoms with E-state index >= 15 is 0 Å². The molecule has 0 aliphatic heterocycles. The summed E-state index contributed by atoms with van der Waals surface area (Å²) in [5.74, 6) is 2.04. The van der Waals surface area contributed by atoms with Crippen molar-refractivity contribution in [2.75, 3.05) is 6.54 Å². The molecule has 6 nitrogen and oxygen atoms in total. The molecular formula is C32H34N4O2. The van der Waals surface area contributed by atoms with Crippen LogP contribution in [0.1, 0.15) is 30.9 Å². The normalized spacial score (nSPS) is 12.4. The van der Waals surface area contributed by atoms with E-state index in [4.69, 9.17) is 6.42 Å². The van der Waals surface area contributed by atoms with Gasteiger partial charge in [-0.15, -0.1) is 12.3 Å². The van der Waals surface area contributed by atoms with Crippen LogP contribution in [0.2, 0.25) is 0 Å². The third-order valence-electron chi connectivity index (χ3n) is 6.54. The fourth-order valence-corrected chi connectivity index (χ4v) is 4.45. The number of nitrogens with one attached hydrogen (secondary N) is 4. The van der Waals surface area contributed by atoms with Crippen LogP contribution >= 0.6 is 0 Å². The smallest absolute Gasteiger partial charge is 0.243 e. The Morgan fingerprint density at radius 1 is 0.895 bits per heavy atom. The van der Waals surface area contributed by atoms with E-state index in [1.54, 1.807) is 0 Å². The monoisotopic (exact) mass is 506 g/mol. The van der Waals surface area contributed by atoms with Crippen molar-refractivity contribution >= 4 is 22.7 Å². The van der Waals surface area contributed by atoms with Crippen LogP contribution in [-0.2, 0) is 22.6 Å². The van der Waals surface area contributed by atoms with Gasteiger partial charge in [-0.3, -0.25) is 9.59 Å². The third kappa shape index (κ3) is 6.90. The number of hydrogen-bond acceptors (Lipinski definition) is 3. The molecule has 38 heavy (non-hydrogen) atoms. The number of benzene rings is 3. The Morgan fingerprint density at radius 3 is 2.34 bits per heavy atom. The molecule has 4 rings (SSSR count). The number of H-pyrrole nitrogens is 1. The number of terminal acetylenes is 1. The van der Waals surface area contributed by atoms with E-state index < -0.39 is 12.1 Å². The molecule has 0 radical (unpaired) electrons. The van der Waals surface area contributed by atoms with E-state index in [0.717, 1.165) is 39.6 Å². The van der Waals surface area contributed by atoms with Crippen molar-refractivity contribution in [1.82, 2.24) is 20.9 Å². The number of carbonyl (C=O) groups is 2. The van der Waals surface area contributed by atoms with Crippen LogP contribution in [0.15, 0.2) is 85.1 Å². The number of hydrogen-bond donors (Lipinski definition) is 4. The fraction of sp³-hybridized carbons (Fsp3) is 0.250. The second kappa shape index (κ2) is 13.3. The summed E-state index contributed by atoms with van der Waals surface area (Å²) in [7, 11) is 0. The summed E-state index contributed by atoms with van der Waals surface area (Å²) in [6, 6.07) is 24.9. The van der Waals surface area contributed by atoms with E-state index in [1.165, 1.54) is 0 Å². The van der Waals surface area contributed by atoms with Crippen LogP contribution < -0.4 is 16.0 Å². The molecule has 0 bridgehead atoms. The van der Waals surface area contributed by atoms with Gasteiger partial charge in [-0.05, 0) is 41.3 Å². The van der Waals surface area contributed by atoms with Crippen LogP contribution in [0.4, 0.5) is 0 Å². The number of para-hydroxylation sites is 1. The Hall–Kier alpha value is -4.34. The van der Waals surface area contributed by atoms with Gasteiger partial charge in [0.25, 0.3) is 0 Å². The van der Waals surface area contributed by atoms with E-state index in [-0.39, 0.29) is 18.2 Å². The van der Waals surface area contributed by atoms with Crippen LogP contribution in [-0.4, -0.2) is 35.4 Å². The third-order valence-corrected chi connectivity index (χ3v) is 6.54. The van der Waals surface area contributed by atoms with Gasteiger partial charge >= 0.3 is 0 Å². The standard InChI is InChI=1S/C32H34N4O2/c1-3-10-29(33-19-4-2)32(38)36-30(20-26-22-34-28-14-9-8-13-27(26)28)31(37)35-21-23-15-17-25(18-16-23)24-11-6-5-7-12-24/h1,5-9,11-18,22,29-30,33-34H,4,10,19-21H2,2H3,(H,35,37)(H,36,38)/t29-,30-/m0/s1. The SMILES string of the molecule is C#CC[C@H](NCCC)C(=O)N[C@@H](Cc1c[nH]c2ccccc12)C(=O)NCc1ccc(-c2ccccc2)cc1. The van der Waals surface area contributed by atoms with Gasteiger partial charge in [0.15, 0.2) is 0 Å². The highest BCUT2D eigenvalue weighted by Crippen LogP contribution is 2.20. The molecule has 0 unspecified atom stereocenters. The first-order valence-corrected chi connectivity index (χ1v) is 13.0. The maximum Gasteiger partial charge on any atom is 0.243 e. The van der Waals surface area contributed by atoms with Crippen LogP contribution in [0.3, 0.4) is 0 Å². The molecule has 1 aromatic heterocycles. The minimum atomic E-state index is -0.756. The minimum Gasteiger partial charge on any atom is -0.361 e. The summed E-state index contributed by atoms with van der Waals surface area (Å²) in [5, 5.41) is 10.2. The summed E-state index contributed by atoms with van der Waals surface area (Å²) in [4.78, 5) is 29.8. The summed E-state index contributed by atoms with van der Waals surface area (Å²) < 4.78 is 0. The average Bonchev–Trinajstić information content (AvgIpc) is 3.37. The molecule has 2 atom stereocenters. The van der Waals surface area contributed by atoms with E-state index in [0.29, 0.717) is 19.5 Å². The van der Waals surface area contributed by atoms with Crippen molar-refractivity contribution in [3.05, 3.63) is 96.2 Å². The topological polar surface area (TPSA) is 86.0 Å². The number of carbonyl (C=O) groups excluding carboxylic acids is 2. The lowest BCUT2D eigenvalue weighted by atomic mass is 10.0. The Balaban J connectivity index is 1.47. The summed E-state index contributed by atoms with van der Waals surface area (Å²) in [5.41, 5.74) is 5.18. The highest BCUT2D eigenvalue weighted by atomic mass is 16.2. The molecule has 0 saturated heterocycles. The lowest BCUT2D eigenvalue weighted by molar-refractivity contribution is -0.130. The van der Waals surface area contributed by atoms with Crippen molar-refractivity contribution in [3.8, 4) is 23.5 Å². The van der Waals surface area contributed by atoms with Gasteiger partial charge in [-0.1, -0.05) is 79.7 Å². The number of amides is 2. The number of aromatic nitrogens is 1. The molecule has 0 aliphatic carbocycles. The molecule has 1 heterocycles. The van der Waals surface area contributed by atoms with Gasteiger partial charge in [0.2, 0.25) is 11.8 Å². The van der Waals surface area contributed by atoms with E-state index in [1.807, 2.05) is 79.9 Å². The second-order valence-corrected chi connectivity index (χ2v) is 9.32. The van der Waals surface area contributed by atoms with Crippen molar-refractivity contribution in [2.45, 2.75) is 44.8 Å². The van der Waals surface area contributed by atoms with Gasteiger partial charge in [-0.2, -0.15) is 0 Å². The maximum absolute atomic E-state index is 13.4. The fourth-order valence-electron chi connectivity index (χ4n) is 4.45. The molecule has 2 amide bonds. The molecule has 4 N–H and O–H groups in total. The average molecular weight is 507 g/mol. The van der Waals surface area contributed by atoms with Gasteiger partial charge < -0.3 is 20.9 Å². The summed E-state index contributed by atoms with van der Waals surface area (Å²) in [6.45, 7) is 3.05. The zero-order valence-electron chi connectivity index (χ0n) is 21.7. The number of aromatic amines is 1. The molecule has 4 aromatic rings. The molecule has 0 spiro atoms. The lowest BCUT2D eigenvalue weighted by Gasteiger charge is -2.22. The lowest BCUT2D eigenvalue weighted by Crippen LogP contribution is -2.53. The molecule has 0 saturated carbocycles. The molecule has 0 aliphatic rings. The van der Waals surface area contributed by atoms with Gasteiger partial charge in [0.05, 0.1) is 6.04 Å². The van der Waals surface area contributed by atoms with Crippen LogP contribution in [0.25, 0.3) is 22.0 Å². The number of fused-ring (bicyclic) bond motifs is 1. The highest BCUT2D eigenvalue weighted by Gasteiger charge is 2.26. The number of rotatable bonds is 12. The molecule has 3 aromatic carbocycles. The predicted molar refractivity (Wildman–Crippen MR) is 153 cm³/mol. The quantitative estimate of drug-likeness (QED) is 0.212. The van der Waals surface area contributed by atoms with Crippen molar-refractivity contribution in [1.29, 1.82) is 0 Å². The maximum atomic E-state index is 13.4. The highest BCUT2D eigenvalue weighted by molar-refractivity contribution is 5.91. The molecular weight excluding hydrogens is 472 g/mol. The first-order valence-electron chi connectivity index (χ1n) is 13.0. The van der Waals surface area contributed by atoms with Crippen molar-refractivity contribution in [3.63, 3.8) is 0 Å². The zero-order valence-corrected chi connectivity index (χ0v) is 21.7. The Labute approximate surface area is 224 Å². The Morgan fingerprint density at radius 2 is 1.61 bits per heavy atom. The molecule has 194 valence electrons. The van der Waals surface area contributed by atoms with Crippen LogP contribution in [0, 0.1) is 12.3 Å². The zero-order chi connectivity index (χ0) is 26.7. The van der Waals surface area contributed by atoms with Gasteiger partial charge in [-0.25, -0.2) is 0 Å². The first-order chi connectivity index (χ1) is 18.6. The Kier molecular flexibility index (Phi) is 9.33. The molecule has 6 heteroatoms. The van der Waals surface area contributed by atoms with Crippen molar-refractivity contribution in [2.24, 2.45) is 0 Å². The minimum absolute atomic E-state index is 0.245. The van der Waals surface area contributed by atoms with Gasteiger partial charge in [0, 0.05) is 36.5 Å². The first kappa shape index (κ1) is 26.7. The van der Waals surface area contributed by atoms with Crippen LogP contribution in [0.5, 0.6) is 0 Å². The Bertz CT molecular complexity index is 1390.